The minimum Gasteiger partial charge on any atom is -0.278 e. The van der Waals surface area contributed by atoms with Crippen LogP contribution in [0.4, 0.5) is 0 Å². The van der Waals surface area contributed by atoms with Crippen LogP contribution in [0.5, 0.6) is 0 Å². The van der Waals surface area contributed by atoms with Gasteiger partial charge in [0, 0.05) is 21.1 Å². The van der Waals surface area contributed by atoms with E-state index in [-0.39, 0.29) is 0 Å². The van der Waals surface area contributed by atoms with Crippen LogP contribution in [-0.2, 0) is 0 Å². The topological polar surface area (TPSA) is 22.1 Å². The number of hydrogen-bond acceptors (Lipinski definition) is 4. The summed E-state index contributed by atoms with van der Waals surface area (Å²) in [6.07, 6.45) is 1.75. The quantitative estimate of drug-likeness (QED) is 0.426. The molecule has 1 rings (SSSR count). The largest absolute Gasteiger partial charge is 0.278 e. The Morgan fingerprint density at radius 1 is 1.25 bits per heavy atom. The summed E-state index contributed by atoms with van der Waals surface area (Å²) in [5.41, 5.74) is 0. The maximum Gasteiger partial charge on any atom is 0.128 e. The van der Waals surface area contributed by atoms with Gasteiger partial charge in [-0.1, -0.05) is 0 Å². The highest BCUT2D eigenvalue weighted by molar-refractivity contribution is 5.54. The SMILES string of the molecule is CN1C=NN(C)N1C. The van der Waals surface area contributed by atoms with Crippen molar-refractivity contribution < 1.29 is 0 Å². The maximum atomic E-state index is 3.96. The van der Waals surface area contributed by atoms with Gasteiger partial charge < -0.3 is 0 Å². The van der Waals surface area contributed by atoms with Crippen LogP contribution in [0.25, 0.3) is 0 Å². The lowest BCUT2D eigenvalue weighted by atomic mass is 11.1. The molecule has 0 N–H and O–H groups in total. The van der Waals surface area contributed by atoms with E-state index in [2.05, 4.69) is 5.10 Å². The van der Waals surface area contributed by atoms with E-state index >= 15 is 0 Å². The Morgan fingerprint density at radius 3 is 2.00 bits per heavy atom. The van der Waals surface area contributed by atoms with Crippen molar-refractivity contribution in [3.8, 4) is 0 Å². The third-order valence-corrected chi connectivity index (χ3v) is 1.26. The van der Waals surface area contributed by atoms with Gasteiger partial charge in [-0.15, -0.1) is 10.2 Å². The van der Waals surface area contributed by atoms with Gasteiger partial charge in [-0.25, -0.2) is 5.12 Å². The van der Waals surface area contributed by atoms with Crippen molar-refractivity contribution in [2.75, 3.05) is 21.1 Å². The highest BCUT2D eigenvalue weighted by atomic mass is 16.0. The summed E-state index contributed by atoms with van der Waals surface area (Å²) in [4.78, 5) is 0. The van der Waals surface area contributed by atoms with E-state index in [9.17, 15) is 0 Å². The summed E-state index contributed by atoms with van der Waals surface area (Å²) in [5.74, 6) is 0. The number of rotatable bonds is 0. The Labute approximate surface area is 48.9 Å². The van der Waals surface area contributed by atoms with Crippen molar-refractivity contribution >= 4 is 6.34 Å². The first-order chi connectivity index (χ1) is 3.72. The molecule has 1 aliphatic rings. The number of nitrogens with zero attached hydrogens (tertiary/aromatic N) is 4. The van der Waals surface area contributed by atoms with E-state index in [1.807, 2.05) is 31.3 Å². The van der Waals surface area contributed by atoms with E-state index in [1.54, 1.807) is 11.5 Å². The minimum atomic E-state index is 1.75. The van der Waals surface area contributed by atoms with Gasteiger partial charge in [0.25, 0.3) is 0 Å². The molecule has 0 bridgehead atoms. The molecule has 0 saturated carbocycles. The normalized spacial score (nSPS) is 20.9. The van der Waals surface area contributed by atoms with Crippen molar-refractivity contribution in [1.29, 1.82) is 0 Å². The van der Waals surface area contributed by atoms with Gasteiger partial charge in [-0.2, -0.15) is 0 Å². The van der Waals surface area contributed by atoms with Crippen molar-refractivity contribution in [2.45, 2.75) is 0 Å². The van der Waals surface area contributed by atoms with Gasteiger partial charge in [0.1, 0.15) is 6.34 Å². The summed E-state index contributed by atoms with van der Waals surface area (Å²) in [7, 11) is 5.76. The molecule has 0 saturated heterocycles. The minimum absolute atomic E-state index is 1.75. The molecule has 0 unspecified atom stereocenters. The molecule has 0 aliphatic carbocycles. The van der Waals surface area contributed by atoms with Crippen LogP contribution >= 0.6 is 0 Å². The maximum absolute atomic E-state index is 3.96. The third kappa shape index (κ3) is 0.626. The molecule has 0 aromatic rings. The monoisotopic (exact) mass is 114 g/mol. The number of hydrogen-bond donors (Lipinski definition) is 0. The zero-order valence-corrected chi connectivity index (χ0v) is 5.37. The second-order valence-corrected chi connectivity index (χ2v) is 1.78. The Balaban J connectivity index is 2.55. The first-order valence-corrected chi connectivity index (χ1v) is 2.46. The highest BCUT2D eigenvalue weighted by Gasteiger charge is 2.11. The van der Waals surface area contributed by atoms with Gasteiger partial charge in [0.15, 0.2) is 0 Å². The van der Waals surface area contributed by atoms with Gasteiger partial charge in [0.2, 0.25) is 0 Å². The number of hydrazine groups is 2. The summed E-state index contributed by atoms with van der Waals surface area (Å²) in [6.45, 7) is 0. The van der Waals surface area contributed by atoms with Crippen LogP contribution < -0.4 is 0 Å². The van der Waals surface area contributed by atoms with E-state index in [0.717, 1.165) is 0 Å². The molecular weight excluding hydrogens is 104 g/mol. The molecule has 0 amide bonds. The van der Waals surface area contributed by atoms with Crippen LogP contribution in [0, 0.1) is 0 Å². The lowest BCUT2D eigenvalue weighted by molar-refractivity contribution is -0.0661. The van der Waals surface area contributed by atoms with E-state index in [1.165, 1.54) is 0 Å². The first-order valence-electron chi connectivity index (χ1n) is 2.46. The van der Waals surface area contributed by atoms with Crippen LogP contribution in [-0.4, -0.2) is 42.7 Å². The molecule has 0 spiro atoms. The number of hydrazone groups is 1. The first kappa shape index (κ1) is 5.37. The molecule has 46 valence electrons. The molecule has 0 fully saturated rings. The second kappa shape index (κ2) is 1.63. The summed E-state index contributed by atoms with van der Waals surface area (Å²) >= 11 is 0. The van der Waals surface area contributed by atoms with Gasteiger partial charge >= 0.3 is 0 Å². The Hall–Kier alpha value is -0.770. The molecule has 0 aromatic carbocycles. The molecule has 4 nitrogen and oxygen atoms in total. The van der Waals surface area contributed by atoms with Crippen LogP contribution in [0.15, 0.2) is 5.10 Å². The average Bonchev–Trinajstić information content (AvgIpc) is 1.98. The summed E-state index contributed by atoms with van der Waals surface area (Å²) in [5, 5.41) is 9.49. The van der Waals surface area contributed by atoms with Gasteiger partial charge in [0.05, 0.1) is 0 Å². The second-order valence-electron chi connectivity index (χ2n) is 1.78. The van der Waals surface area contributed by atoms with Crippen LogP contribution in [0.1, 0.15) is 0 Å². The van der Waals surface area contributed by atoms with E-state index < -0.39 is 0 Å². The van der Waals surface area contributed by atoms with Crippen molar-refractivity contribution in [3.05, 3.63) is 0 Å². The summed E-state index contributed by atoms with van der Waals surface area (Å²) in [6, 6.07) is 0. The van der Waals surface area contributed by atoms with Crippen molar-refractivity contribution in [2.24, 2.45) is 5.10 Å². The third-order valence-electron chi connectivity index (χ3n) is 1.26. The van der Waals surface area contributed by atoms with Crippen molar-refractivity contribution in [1.82, 2.24) is 15.2 Å². The lowest BCUT2D eigenvalue weighted by Crippen LogP contribution is -2.37. The highest BCUT2D eigenvalue weighted by Crippen LogP contribution is 1.99. The smallest absolute Gasteiger partial charge is 0.128 e. The zero-order valence-electron chi connectivity index (χ0n) is 5.37. The van der Waals surface area contributed by atoms with Gasteiger partial charge in [-0.05, 0) is 0 Å². The molecule has 8 heavy (non-hydrogen) atoms. The Bertz CT molecular complexity index is 98.6. The standard InChI is InChI=1S/C4H10N4/c1-6-4-5-7(2)8(6)3/h4H,1-3H3. The predicted octanol–water partition coefficient (Wildman–Crippen LogP) is -0.431. The molecule has 4 heteroatoms. The lowest BCUT2D eigenvalue weighted by Gasteiger charge is -2.23. The van der Waals surface area contributed by atoms with Crippen LogP contribution in [0.3, 0.4) is 0 Å². The summed E-state index contributed by atoms with van der Waals surface area (Å²) < 4.78 is 0. The fourth-order valence-electron chi connectivity index (χ4n) is 0.503. The molecule has 1 heterocycles. The van der Waals surface area contributed by atoms with E-state index in [4.69, 9.17) is 0 Å². The van der Waals surface area contributed by atoms with Crippen LogP contribution in [0.2, 0.25) is 0 Å². The average molecular weight is 114 g/mol. The molecular formula is C4H10N4. The molecule has 0 aromatic heterocycles. The predicted molar refractivity (Wildman–Crippen MR) is 31.8 cm³/mol. The van der Waals surface area contributed by atoms with E-state index in [0.29, 0.717) is 0 Å². The van der Waals surface area contributed by atoms with Gasteiger partial charge in [-0.3, -0.25) is 5.01 Å². The zero-order chi connectivity index (χ0) is 6.15. The molecule has 0 atom stereocenters. The Morgan fingerprint density at radius 2 is 1.88 bits per heavy atom. The van der Waals surface area contributed by atoms with Crippen molar-refractivity contribution in [3.63, 3.8) is 0 Å². The molecule has 0 radical (unpaired) electrons. The fraction of sp³-hybridized carbons (Fsp3) is 0.750. The molecule has 1 aliphatic heterocycles. The fourth-order valence-corrected chi connectivity index (χ4v) is 0.503. The Kier molecular flexibility index (Phi) is 1.09.